The topological polar surface area (TPSA) is 215 Å². The molecule has 0 spiro atoms. The molecular weight excluding hydrogens is 672 g/mol. The van der Waals surface area contributed by atoms with Crippen molar-refractivity contribution in [2.45, 2.75) is 63.1 Å². The molecule has 2 aromatic carbocycles. The van der Waals surface area contributed by atoms with Gasteiger partial charge in [-0.1, -0.05) is 48.5 Å². The molecule has 0 bridgehead atoms. The van der Waals surface area contributed by atoms with Crippen molar-refractivity contribution >= 4 is 24.0 Å². The maximum atomic E-state index is 13.1. The van der Waals surface area contributed by atoms with Crippen LogP contribution in [0.3, 0.4) is 0 Å². The summed E-state index contributed by atoms with van der Waals surface area (Å²) in [5, 5.41) is 25.7. The molecule has 6 atom stereocenters. The highest BCUT2D eigenvalue weighted by molar-refractivity contribution is 5.86. The van der Waals surface area contributed by atoms with Gasteiger partial charge in [-0.3, -0.25) is 9.59 Å². The Labute approximate surface area is 299 Å². The Hall–Kier alpha value is -5.74. The molecule has 16 nitrogen and oxygen atoms in total. The number of likely N-dealkylation sites (tertiary alicyclic amines) is 2. The van der Waals surface area contributed by atoms with E-state index in [1.54, 1.807) is 26.2 Å². The van der Waals surface area contributed by atoms with Crippen LogP contribution in [-0.4, -0.2) is 116 Å². The molecule has 4 aromatic rings. The average Bonchev–Trinajstić information content (AvgIpc) is 3.97. The van der Waals surface area contributed by atoms with E-state index >= 15 is 0 Å². The number of methoxy groups -OCH3 is 2. The third kappa shape index (κ3) is 7.62. The monoisotopic (exact) mass is 714 g/mol. The zero-order valence-electron chi connectivity index (χ0n) is 29.2. The van der Waals surface area contributed by atoms with Crippen LogP contribution in [0.25, 0.3) is 33.6 Å². The lowest BCUT2D eigenvalue weighted by atomic mass is 10.0. The number of alkyl carbamates (subject to hydrolysis) is 2. The van der Waals surface area contributed by atoms with Crippen LogP contribution in [0.15, 0.2) is 60.9 Å². The molecule has 4 amide bonds. The van der Waals surface area contributed by atoms with Crippen LogP contribution in [0, 0.1) is 0 Å². The van der Waals surface area contributed by atoms with Gasteiger partial charge in [0.05, 0.1) is 62.3 Å². The zero-order chi connectivity index (χ0) is 37.1. The van der Waals surface area contributed by atoms with E-state index in [1.165, 1.54) is 24.0 Å². The molecule has 2 aliphatic heterocycles. The van der Waals surface area contributed by atoms with Gasteiger partial charge in [-0.05, 0) is 36.1 Å². The molecule has 0 saturated carbocycles. The first kappa shape index (κ1) is 36.1. The van der Waals surface area contributed by atoms with Crippen molar-refractivity contribution in [3.63, 3.8) is 0 Å². The predicted octanol–water partition coefficient (Wildman–Crippen LogP) is 2.89. The lowest BCUT2D eigenvalue weighted by molar-refractivity contribution is -0.135. The normalized spacial score (nSPS) is 21.0. The van der Waals surface area contributed by atoms with Crippen LogP contribution in [0.5, 0.6) is 0 Å². The highest BCUT2D eigenvalue weighted by Crippen LogP contribution is 2.35. The van der Waals surface area contributed by atoms with E-state index in [0.717, 1.165) is 33.6 Å². The fourth-order valence-corrected chi connectivity index (χ4v) is 6.72. The summed E-state index contributed by atoms with van der Waals surface area (Å²) in [5.41, 5.74) is 5.28. The summed E-state index contributed by atoms with van der Waals surface area (Å²) in [5.74, 6) is 0.392. The highest BCUT2D eigenvalue weighted by Gasteiger charge is 2.40. The third-order valence-electron chi connectivity index (χ3n) is 9.45. The number of H-pyrrole nitrogens is 2. The summed E-state index contributed by atoms with van der Waals surface area (Å²) in [4.78, 5) is 68.2. The van der Waals surface area contributed by atoms with E-state index < -0.39 is 48.6 Å². The van der Waals surface area contributed by atoms with Gasteiger partial charge in [0.2, 0.25) is 11.8 Å². The van der Waals surface area contributed by atoms with Gasteiger partial charge in [0.15, 0.2) is 0 Å². The van der Waals surface area contributed by atoms with Gasteiger partial charge >= 0.3 is 12.2 Å². The Bertz CT molecular complexity index is 1770. The molecule has 16 heteroatoms. The lowest BCUT2D eigenvalue weighted by Crippen LogP contribution is -2.47. The quantitative estimate of drug-likeness (QED) is 0.149. The Kier molecular flexibility index (Phi) is 10.6. The number of carbonyl (C=O) groups is 4. The number of hydrogen-bond donors (Lipinski definition) is 6. The summed E-state index contributed by atoms with van der Waals surface area (Å²) >= 11 is 0. The van der Waals surface area contributed by atoms with Crippen LogP contribution in [0.2, 0.25) is 0 Å². The van der Waals surface area contributed by atoms with Crippen LogP contribution in [0.4, 0.5) is 9.59 Å². The van der Waals surface area contributed by atoms with Crippen molar-refractivity contribution in [3.05, 3.63) is 72.6 Å². The molecular formula is C36H42N8O8. The Morgan fingerprint density at radius 1 is 0.673 bits per heavy atom. The number of nitrogens with one attached hydrogen (secondary N) is 4. The fraction of sp³-hybridized carbons (Fsp3) is 0.389. The first-order valence-corrected chi connectivity index (χ1v) is 16.9. The van der Waals surface area contributed by atoms with E-state index in [-0.39, 0.29) is 24.9 Å². The van der Waals surface area contributed by atoms with Crippen molar-refractivity contribution in [2.75, 3.05) is 27.3 Å². The Morgan fingerprint density at radius 2 is 1.02 bits per heavy atom. The second-order valence-electron chi connectivity index (χ2n) is 13.0. The number of nitrogens with zero attached hydrogens (tertiary/aromatic N) is 4. The number of amides is 4. The fourth-order valence-electron chi connectivity index (χ4n) is 6.72. The third-order valence-corrected chi connectivity index (χ3v) is 9.45. The van der Waals surface area contributed by atoms with Crippen LogP contribution >= 0.6 is 0 Å². The summed E-state index contributed by atoms with van der Waals surface area (Å²) in [6.45, 7) is 3.39. The molecule has 0 radical (unpaired) electrons. The predicted molar refractivity (Wildman–Crippen MR) is 187 cm³/mol. The van der Waals surface area contributed by atoms with Gasteiger partial charge in [0.25, 0.3) is 0 Å². The zero-order valence-corrected chi connectivity index (χ0v) is 29.2. The van der Waals surface area contributed by atoms with E-state index in [1.807, 2.05) is 48.5 Å². The molecule has 2 aliphatic rings. The Morgan fingerprint density at radius 3 is 1.37 bits per heavy atom. The van der Waals surface area contributed by atoms with Crippen molar-refractivity contribution in [1.82, 2.24) is 40.4 Å². The number of β-amino-alcohol motifs (C(OH)–C–C–N with tert-alkyl or cyclic N) is 2. The molecule has 2 saturated heterocycles. The first-order chi connectivity index (χ1) is 24.9. The Balaban J connectivity index is 1.11. The molecule has 0 unspecified atom stereocenters. The minimum atomic E-state index is -0.837. The minimum absolute atomic E-state index is 0.128. The minimum Gasteiger partial charge on any atom is -0.453 e. The summed E-state index contributed by atoms with van der Waals surface area (Å²) in [6.07, 6.45) is 1.16. The summed E-state index contributed by atoms with van der Waals surface area (Å²) in [7, 11) is 2.45. The number of hydrogen-bond acceptors (Lipinski definition) is 10. The standard InChI is InChI=1S/C36H42N8O8/c1-19(39-35(49)51-3)33(47)43-17-25(45)13-29(43)31-37-15-27(41-31)23-9-5-21(6-10-23)22-7-11-24(12-8-22)28-16-38-32(42-28)30-14-26(46)18-44(30)34(48)20(2)40-36(50)52-4/h5-12,15-16,19-20,25-26,29-30,45-46H,13-14,17-18H2,1-4H3,(H,37,41)(H,38,42)(H,39,49)(H,40,50)/t19-,20-,25-,26-,29-,30-/m0/s1. The highest BCUT2D eigenvalue weighted by atomic mass is 16.5. The van der Waals surface area contributed by atoms with Crippen LogP contribution < -0.4 is 10.6 Å². The van der Waals surface area contributed by atoms with Gasteiger partial charge in [-0.2, -0.15) is 0 Å². The number of benzene rings is 2. The smallest absolute Gasteiger partial charge is 0.407 e. The van der Waals surface area contributed by atoms with Gasteiger partial charge in [0.1, 0.15) is 23.7 Å². The van der Waals surface area contributed by atoms with Crippen LogP contribution in [0.1, 0.15) is 50.4 Å². The van der Waals surface area contributed by atoms with Crippen LogP contribution in [-0.2, 0) is 19.1 Å². The molecule has 274 valence electrons. The first-order valence-electron chi connectivity index (χ1n) is 16.9. The number of carbonyl (C=O) groups excluding carboxylic acids is 4. The summed E-state index contributed by atoms with van der Waals surface area (Å²) in [6, 6.07) is 13.3. The van der Waals surface area contributed by atoms with E-state index in [9.17, 15) is 29.4 Å². The number of ether oxygens (including phenoxy) is 2. The van der Waals surface area contributed by atoms with Gasteiger partial charge in [0, 0.05) is 25.9 Å². The SMILES string of the molecule is COC(=O)N[C@@H](C)C(=O)N1C[C@@H](O)C[C@H]1c1ncc(-c2ccc(-c3ccc(-c4cnc([C@@H]5C[C@H](O)CN5C(=O)[C@H](C)NC(=O)OC)[nH]4)cc3)cc2)[nH]1. The number of imidazole rings is 2. The molecule has 0 aliphatic carbocycles. The molecule has 6 N–H and O–H groups in total. The second kappa shape index (κ2) is 15.2. The van der Waals surface area contributed by atoms with E-state index in [2.05, 4.69) is 40.0 Å². The van der Waals surface area contributed by atoms with Gasteiger partial charge < -0.3 is 50.1 Å². The number of aromatic amines is 2. The number of aromatic nitrogens is 4. The molecule has 4 heterocycles. The maximum absolute atomic E-state index is 13.1. The molecule has 6 rings (SSSR count). The number of aliphatic hydroxyl groups excluding tert-OH is 2. The second-order valence-corrected chi connectivity index (χ2v) is 13.0. The number of aliphatic hydroxyl groups is 2. The van der Waals surface area contributed by atoms with Crippen molar-refractivity contribution in [2.24, 2.45) is 0 Å². The van der Waals surface area contributed by atoms with E-state index in [4.69, 9.17) is 0 Å². The molecule has 2 aromatic heterocycles. The van der Waals surface area contributed by atoms with Crippen molar-refractivity contribution in [3.8, 4) is 33.6 Å². The van der Waals surface area contributed by atoms with Crippen molar-refractivity contribution in [1.29, 1.82) is 0 Å². The summed E-state index contributed by atoms with van der Waals surface area (Å²) < 4.78 is 9.21. The largest absolute Gasteiger partial charge is 0.453 e. The van der Waals surface area contributed by atoms with Crippen molar-refractivity contribution < 1.29 is 38.9 Å². The van der Waals surface area contributed by atoms with Gasteiger partial charge in [-0.25, -0.2) is 19.6 Å². The molecule has 2 fully saturated rings. The number of rotatable bonds is 9. The van der Waals surface area contributed by atoms with E-state index in [0.29, 0.717) is 24.5 Å². The average molecular weight is 715 g/mol. The molecule has 52 heavy (non-hydrogen) atoms. The maximum Gasteiger partial charge on any atom is 0.407 e. The lowest BCUT2D eigenvalue weighted by Gasteiger charge is -2.26. The van der Waals surface area contributed by atoms with Gasteiger partial charge in [-0.15, -0.1) is 0 Å².